The fraction of sp³-hybridized carbons (Fsp3) is 0.0625. The van der Waals surface area contributed by atoms with Gasteiger partial charge in [0.25, 0.3) is 0 Å². The molecule has 0 aliphatic rings. The topological polar surface area (TPSA) is 21.5 Å². The van der Waals surface area contributed by atoms with Crippen LogP contribution in [-0.4, -0.2) is 10.7 Å². The van der Waals surface area contributed by atoms with Crippen LogP contribution in [0.5, 0.6) is 0 Å². The van der Waals surface area contributed by atoms with Gasteiger partial charge in [-0.05, 0) is 48.4 Å². The molecule has 0 unspecified atom stereocenters. The van der Waals surface area contributed by atoms with Crippen molar-refractivity contribution < 1.29 is 13.6 Å². The van der Waals surface area contributed by atoms with Crippen LogP contribution in [0, 0.1) is 18.6 Å². The molecule has 4 heteroatoms. The smallest absolute Gasteiger partial charge is 0.167 e. The molecule has 0 saturated heterocycles. The first-order valence-corrected chi connectivity index (χ1v) is 6.12. The van der Waals surface area contributed by atoms with Gasteiger partial charge in [-0.25, -0.2) is 8.78 Å². The van der Waals surface area contributed by atoms with Crippen LogP contribution in [0.15, 0.2) is 42.6 Å². The fourth-order valence-electron chi connectivity index (χ4n) is 2.33. The summed E-state index contributed by atoms with van der Waals surface area (Å²) in [5, 5.41) is 0. The molecule has 0 bridgehead atoms. The number of halogens is 2. The van der Waals surface area contributed by atoms with Crippen molar-refractivity contribution in [2.24, 2.45) is 0 Å². The number of aldehydes is 1. The van der Waals surface area contributed by atoms with Gasteiger partial charge in [-0.3, -0.25) is 4.79 Å². The Bertz CT molecular complexity index is 821. The van der Waals surface area contributed by atoms with E-state index in [9.17, 15) is 13.6 Å². The minimum atomic E-state index is -0.925. The van der Waals surface area contributed by atoms with Gasteiger partial charge >= 0.3 is 0 Å². The van der Waals surface area contributed by atoms with E-state index in [0.717, 1.165) is 29.5 Å². The maximum atomic E-state index is 13.4. The molecule has 2 nitrogen and oxygen atoms in total. The maximum Gasteiger partial charge on any atom is 0.167 e. The molecule has 0 radical (unpaired) electrons. The molecule has 3 aromatic rings. The summed E-state index contributed by atoms with van der Waals surface area (Å²) in [7, 11) is 0. The second kappa shape index (κ2) is 4.56. The number of benzene rings is 1. The number of carbonyl (C=O) groups excluding carboxylic acids is 1. The van der Waals surface area contributed by atoms with Gasteiger partial charge in [-0.15, -0.1) is 0 Å². The molecule has 0 spiro atoms. The molecular weight excluding hydrogens is 260 g/mol. The van der Waals surface area contributed by atoms with Gasteiger partial charge in [0.2, 0.25) is 0 Å². The molecule has 20 heavy (non-hydrogen) atoms. The summed E-state index contributed by atoms with van der Waals surface area (Å²) in [5.41, 5.74) is 3.39. The molecule has 0 fully saturated rings. The number of hydrogen-bond donors (Lipinski definition) is 0. The Labute approximate surface area is 114 Å². The fourth-order valence-corrected chi connectivity index (χ4v) is 2.33. The average molecular weight is 271 g/mol. The molecule has 3 rings (SSSR count). The molecule has 2 aromatic heterocycles. The summed E-state index contributed by atoms with van der Waals surface area (Å²) in [4.78, 5) is 11.3. The highest BCUT2D eigenvalue weighted by Gasteiger charge is 2.13. The third-order valence-corrected chi connectivity index (χ3v) is 3.31. The third kappa shape index (κ3) is 1.90. The van der Waals surface area contributed by atoms with Gasteiger partial charge in [0.15, 0.2) is 17.9 Å². The van der Waals surface area contributed by atoms with E-state index >= 15 is 0 Å². The number of fused-ring (bicyclic) bond motifs is 1. The van der Waals surface area contributed by atoms with Crippen LogP contribution < -0.4 is 0 Å². The molecule has 2 heterocycles. The first kappa shape index (κ1) is 12.5. The van der Waals surface area contributed by atoms with E-state index in [1.807, 2.05) is 19.1 Å². The lowest BCUT2D eigenvalue weighted by Crippen LogP contribution is -1.93. The zero-order chi connectivity index (χ0) is 14.3. The Balaban J connectivity index is 2.29. The van der Waals surface area contributed by atoms with Crippen molar-refractivity contribution in [3.63, 3.8) is 0 Å². The molecule has 0 N–H and O–H groups in total. The monoisotopic (exact) mass is 271 g/mol. The molecule has 0 aliphatic heterocycles. The summed E-state index contributed by atoms with van der Waals surface area (Å²) in [6, 6.07) is 9.23. The summed E-state index contributed by atoms with van der Waals surface area (Å²) in [6.45, 7) is 1.95. The Morgan fingerprint density at radius 3 is 2.55 bits per heavy atom. The highest BCUT2D eigenvalue weighted by Crippen LogP contribution is 2.28. The zero-order valence-corrected chi connectivity index (χ0v) is 10.7. The molecular formula is C16H11F2NO. The van der Waals surface area contributed by atoms with Crippen LogP contribution in [0.2, 0.25) is 0 Å². The second-order valence-electron chi connectivity index (χ2n) is 4.69. The van der Waals surface area contributed by atoms with Gasteiger partial charge in [0, 0.05) is 17.3 Å². The van der Waals surface area contributed by atoms with E-state index in [1.54, 1.807) is 16.7 Å². The van der Waals surface area contributed by atoms with Crippen LogP contribution in [0.4, 0.5) is 8.78 Å². The van der Waals surface area contributed by atoms with Crippen LogP contribution in [-0.2, 0) is 0 Å². The van der Waals surface area contributed by atoms with E-state index in [2.05, 4.69) is 0 Å². The minimum absolute atomic E-state index is 0.422. The van der Waals surface area contributed by atoms with Crippen molar-refractivity contribution in [2.45, 2.75) is 6.92 Å². The SMILES string of the molecule is Cc1ccn2c(C=O)c(-c3ccc(F)c(F)c3)cc2c1. The summed E-state index contributed by atoms with van der Waals surface area (Å²) < 4.78 is 28.1. The van der Waals surface area contributed by atoms with Crippen molar-refractivity contribution >= 4 is 11.8 Å². The lowest BCUT2D eigenvalue weighted by Gasteiger charge is -2.02. The van der Waals surface area contributed by atoms with Crippen molar-refractivity contribution in [2.75, 3.05) is 0 Å². The first-order chi connectivity index (χ1) is 9.60. The lowest BCUT2D eigenvalue weighted by atomic mass is 10.1. The number of aromatic nitrogens is 1. The van der Waals surface area contributed by atoms with E-state index in [4.69, 9.17) is 0 Å². The van der Waals surface area contributed by atoms with Crippen LogP contribution in [0.25, 0.3) is 16.6 Å². The quantitative estimate of drug-likeness (QED) is 0.645. The average Bonchev–Trinajstić information content (AvgIpc) is 2.79. The Morgan fingerprint density at radius 1 is 1.05 bits per heavy atom. The molecule has 0 saturated carbocycles. The van der Waals surface area contributed by atoms with Crippen LogP contribution >= 0.6 is 0 Å². The standard InChI is InChI=1S/C16H11F2NO/c1-10-4-5-19-12(6-10)8-13(16(19)9-20)11-2-3-14(17)15(18)7-11/h2-9H,1H3. The van der Waals surface area contributed by atoms with Crippen LogP contribution in [0.1, 0.15) is 16.1 Å². The van der Waals surface area contributed by atoms with Crippen molar-refractivity contribution in [3.05, 3.63) is 65.5 Å². The molecule has 0 aliphatic carbocycles. The van der Waals surface area contributed by atoms with E-state index in [0.29, 0.717) is 16.8 Å². The number of nitrogens with zero attached hydrogens (tertiary/aromatic N) is 1. The number of hydrogen-bond acceptors (Lipinski definition) is 1. The number of aryl methyl sites for hydroxylation is 1. The normalized spacial score (nSPS) is 10.9. The first-order valence-electron chi connectivity index (χ1n) is 6.12. The summed E-state index contributed by atoms with van der Waals surface area (Å²) in [6.07, 6.45) is 2.51. The zero-order valence-electron chi connectivity index (χ0n) is 10.7. The molecule has 1 aromatic carbocycles. The van der Waals surface area contributed by atoms with Crippen molar-refractivity contribution in [3.8, 4) is 11.1 Å². The highest BCUT2D eigenvalue weighted by molar-refractivity contribution is 5.89. The minimum Gasteiger partial charge on any atom is -0.314 e. The molecule has 100 valence electrons. The molecule has 0 atom stereocenters. The predicted molar refractivity (Wildman–Crippen MR) is 72.9 cm³/mol. The third-order valence-electron chi connectivity index (χ3n) is 3.31. The largest absolute Gasteiger partial charge is 0.314 e. The number of pyridine rings is 1. The van der Waals surface area contributed by atoms with Crippen LogP contribution in [0.3, 0.4) is 0 Å². The van der Waals surface area contributed by atoms with E-state index in [1.165, 1.54) is 6.07 Å². The van der Waals surface area contributed by atoms with Gasteiger partial charge in [0.05, 0.1) is 5.69 Å². The van der Waals surface area contributed by atoms with E-state index < -0.39 is 11.6 Å². The maximum absolute atomic E-state index is 13.4. The van der Waals surface area contributed by atoms with Crippen molar-refractivity contribution in [1.29, 1.82) is 0 Å². The summed E-state index contributed by atoms with van der Waals surface area (Å²) >= 11 is 0. The van der Waals surface area contributed by atoms with Gasteiger partial charge in [-0.2, -0.15) is 0 Å². The van der Waals surface area contributed by atoms with Crippen molar-refractivity contribution in [1.82, 2.24) is 4.40 Å². The van der Waals surface area contributed by atoms with Gasteiger partial charge in [-0.1, -0.05) is 6.07 Å². The predicted octanol–water partition coefficient (Wildman–Crippen LogP) is 4.01. The Kier molecular flexibility index (Phi) is 2.86. The lowest BCUT2D eigenvalue weighted by molar-refractivity contribution is 0.111. The van der Waals surface area contributed by atoms with Gasteiger partial charge in [0.1, 0.15) is 0 Å². The Hall–Kier alpha value is -2.49. The molecule has 0 amide bonds. The summed E-state index contributed by atoms with van der Waals surface area (Å²) in [5.74, 6) is -1.83. The van der Waals surface area contributed by atoms with Gasteiger partial charge < -0.3 is 4.40 Å². The van der Waals surface area contributed by atoms with E-state index in [-0.39, 0.29) is 0 Å². The number of carbonyl (C=O) groups is 1. The number of rotatable bonds is 2. The highest BCUT2D eigenvalue weighted by atomic mass is 19.2. The Morgan fingerprint density at radius 2 is 1.85 bits per heavy atom. The second-order valence-corrected chi connectivity index (χ2v) is 4.69.